The second-order valence-corrected chi connectivity index (χ2v) is 15.0. The molecule has 0 saturated heterocycles. The minimum absolute atomic E-state index is 0.0762. The minimum Gasteiger partial charge on any atom is -0.460 e. The Morgan fingerprint density at radius 3 is 0.875 bits per heavy atom. The molecule has 0 saturated carbocycles. The number of esters is 2. The van der Waals surface area contributed by atoms with Crippen molar-refractivity contribution >= 4 is 11.9 Å². The van der Waals surface area contributed by atoms with Gasteiger partial charge in [0.15, 0.2) is 6.73 Å². The molecule has 0 aromatic carbocycles. The fourth-order valence-electron chi connectivity index (χ4n) is 6.44. The number of ether oxygens (including phenoxy) is 2. The lowest BCUT2D eigenvalue weighted by atomic mass is 10.0. The van der Waals surface area contributed by atoms with Crippen molar-refractivity contribution in [3.05, 3.63) is 0 Å². The van der Waals surface area contributed by atoms with Crippen molar-refractivity contribution < 1.29 is 28.7 Å². The average Bonchev–Trinajstić information content (AvgIpc) is 3.08. The van der Waals surface area contributed by atoms with Crippen LogP contribution in [0.4, 0.5) is 0 Å². The lowest BCUT2D eigenvalue weighted by molar-refractivity contribution is -0.927. The minimum atomic E-state index is -0.149. The lowest BCUT2D eigenvalue weighted by Crippen LogP contribution is -2.49. The number of quaternary nitrogens is 1. The molecular formula is C42H84NO5+. The fraction of sp³-hybridized carbons (Fsp3) is 0.952. The van der Waals surface area contributed by atoms with Crippen LogP contribution in [0.5, 0.6) is 0 Å². The van der Waals surface area contributed by atoms with Crippen LogP contribution in [0.2, 0.25) is 0 Å². The third-order valence-electron chi connectivity index (χ3n) is 10.1. The first-order valence-corrected chi connectivity index (χ1v) is 21.2. The fourth-order valence-corrected chi connectivity index (χ4v) is 6.44. The number of rotatable bonds is 39. The SMILES string of the molecule is CCCCCCCCCCCCCCCCCC(=O)OCC[N+](C)(CO)CCOC(=O)CCCCCCCCCCCCCCCCC. The van der Waals surface area contributed by atoms with Gasteiger partial charge in [-0.25, -0.2) is 0 Å². The summed E-state index contributed by atoms with van der Waals surface area (Å²) in [4.78, 5) is 24.3. The lowest BCUT2D eigenvalue weighted by Gasteiger charge is -2.31. The molecule has 0 rings (SSSR count). The summed E-state index contributed by atoms with van der Waals surface area (Å²) < 4.78 is 11.2. The first kappa shape index (κ1) is 46.9. The summed E-state index contributed by atoms with van der Waals surface area (Å²) in [6.45, 7) is 6.05. The van der Waals surface area contributed by atoms with Crippen LogP contribution in [0.15, 0.2) is 0 Å². The van der Waals surface area contributed by atoms with Crippen molar-refractivity contribution in [2.24, 2.45) is 0 Å². The van der Waals surface area contributed by atoms with Crippen molar-refractivity contribution in [2.75, 3.05) is 40.1 Å². The summed E-state index contributed by atoms with van der Waals surface area (Å²) in [7, 11) is 1.91. The standard InChI is InChI=1S/C42H84NO5/c1-4-6-8-10-12-14-16-18-20-22-24-26-28-30-32-34-41(45)47-38-36-43(3,40-44)37-39-48-42(46)35-33-31-29-27-25-23-21-19-17-15-13-11-9-7-5-2/h44H,4-40H2,1-3H3/q+1. The third-order valence-corrected chi connectivity index (χ3v) is 10.1. The Bertz CT molecular complexity index is 633. The van der Waals surface area contributed by atoms with Crippen LogP contribution in [0.3, 0.4) is 0 Å². The highest BCUT2D eigenvalue weighted by atomic mass is 16.5. The van der Waals surface area contributed by atoms with E-state index in [0.717, 1.165) is 25.7 Å². The van der Waals surface area contributed by atoms with E-state index in [-0.39, 0.29) is 31.9 Å². The maximum absolute atomic E-state index is 12.2. The molecule has 6 heteroatoms. The van der Waals surface area contributed by atoms with Crippen LogP contribution in [-0.2, 0) is 19.1 Å². The Kier molecular flexibility index (Phi) is 36.2. The van der Waals surface area contributed by atoms with Gasteiger partial charge in [-0.05, 0) is 12.8 Å². The van der Waals surface area contributed by atoms with E-state index < -0.39 is 0 Å². The number of likely N-dealkylation sites (N-methyl/N-ethyl adjacent to an activating group) is 1. The van der Waals surface area contributed by atoms with Crippen LogP contribution in [-0.4, -0.2) is 61.6 Å². The number of hydrogen-bond acceptors (Lipinski definition) is 5. The van der Waals surface area contributed by atoms with Crippen LogP contribution >= 0.6 is 0 Å². The Morgan fingerprint density at radius 1 is 0.417 bits per heavy atom. The highest BCUT2D eigenvalue weighted by Gasteiger charge is 2.21. The monoisotopic (exact) mass is 683 g/mol. The Balaban J connectivity index is 3.58. The number of carbonyl (C=O) groups is 2. The van der Waals surface area contributed by atoms with Gasteiger partial charge < -0.3 is 14.6 Å². The molecule has 1 N–H and O–H groups in total. The van der Waals surface area contributed by atoms with E-state index in [2.05, 4.69) is 13.8 Å². The molecule has 0 fully saturated rings. The summed E-state index contributed by atoms with van der Waals surface area (Å²) >= 11 is 0. The highest BCUT2D eigenvalue weighted by Crippen LogP contribution is 2.15. The Hall–Kier alpha value is -1.14. The molecular weight excluding hydrogens is 598 g/mol. The number of unbranched alkanes of at least 4 members (excludes halogenated alkanes) is 28. The number of nitrogens with zero attached hydrogens (tertiary/aromatic N) is 1. The summed E-state index contributed by atoms with van der Waals surface area (Å²) in [6, 6.07) is 0. The largest absolute Gasteiger partial charge is 0.460 e. The van der Waals surface area contributed by atoms with Gasteiger partial charge in [0.05, 0.1) is 7.05 Å². The molecule has 0 amide bonds. The van der Waals surface area contributed by atoms with Gasteiger partial charge in [-0.3, -0.25) is 14.1 Å². The summed E-state index contributed by atoms with van der Waals surface area (Å²) in [5.74, 6) is -0.298. The van der Waals surface area contributed by atoms with Gasteiger partial charge in [0.2, 0.25) is 0 Å². The zero-order valence-electron chi connectivity index (χ0n) is 32.7. The molecule has 0 aliphatic carbocycles. The Labute approximate surface area is 299 Å². The van der Waals surface area contributed by atoms with Crippen molar-refractivity contribution in [2.45, 2.75) is 219 Å². The van der Waals surface area contributed by atoms with Gasteiger partial charge in [-0.1, -0.05) is 194 Å². The van der Waals surface area contributed by atoms with Crippen molar-refractivity contribution in [3.8, 4) is 0 Å². The quantitative estimate of drug-likeness (QED) is 0.0302. The number of hydrogen-bond donors (Lipinski definition) is 1. The van der Waals surface area contributed by atoms with E-state index >= 15 is 0 Å². The van der Waals surface area contributed by atoms with Crippen LogP contribution in [0.1, 0.15) is 219 Å². The molecule has 6 nitrogen and oxygen atoms in total. The van der Waals surface area contributed by atoms with E-state index in [4.69, 9.17) is 9.47 Å². The summed E-state index contributed by atoms with van der Waals surface area (Å²) in [5.41, 5.74) is 0. The zero-order chi connectivity index (χ0) is 35.2. The molecule has 0 unspecified atom stereocenters. The predicted octanol–water partition coefficient (Wildman–Crippen LogP) is 12.0. The van der Waals surface area contributed by atoms with Crippen LogP contribution in [0, 0.1) is 0 Å². The highest BCUT2D eigenvalue weighted by molar-refractivity contribution is 5.69. The number of aliphatic hydroxyl groups excluding tert-OH is 1. The van der Waals surface area contributed by atoms with Gasteiger partial charge in [-0.15, -0.1) is 0 Å². The molecule has 0 bridgehead atoms. The van der Waals surface area contributed by atoms with E-state index in [1.165, 1.54) is 167 Å². The van der Waals surface area contributed by atoms with Gasteiger partial charge >= 0.3 is 11.9 Å². The van der Waals surface area contributed by atoms with Gasteiger partial charge in [0.25, 0.3) is 0 Å². The van der Waals surface area contributed by atoms with Crippen molar-refractivity contribution in [1.82, 2.24) is 0 Å². The molecule has 286 valence electrons. The van der Waals surface area contributed by atoms with Crippen LogP contribution in [0.25, 0.3) is 0 Å². The molecule has 48 heavy (non-hydrogen) atoms. The first-order valence-electron chi connectivity index (χ1n) is 21.2. The summed E-state index contributed by atoms with van der Waals surface area (Å²) in [5, 5.41) is 9.91. The summed E-state index contributed by atoms with van der Waals surface area (Å²) in [6.07, 6.45) is 40.2. The van der Waals surface area contributed by atoms with E-state index in [0.29, 0.717) is 30.4 Å². The average molecular weight is 683 g/mol. The van der Waals surface area contributed by atoms with Gasteiger partial charge in [-0.2, -0.15) is 0 Å². The van der Waals surface area contributed by atoms with E-state index in [1.54, 1.807) is 0 Å². The van der Waals surface area contributed by atoms with Crippen LogP contribution < -0.4 is 0 Å². The zero-order valence-corrected chi connectivity index (χ0v) is 32.7. The van der Waals surface area contributed by atoms with Gasteiger partial charge in [0, 0.05) is 12.8 Å². The molecule has 0 aromatic rings. The molecule has 0 spiro atoms. The number of carbonyl (C=O) groups excluding carboxylic acids is 2. The second kappa shape index (κ2) is 37.1. The molecule has 0 aliphatic heterocycles. The van der Waals surface area contributed by atoms with Gasteiger partial charge in [0.1, 0.15) is 26.3 Å². The number of aliphatic hydroxyl groups is 1. The maximum atomic E-state index is 12.2. The topological polar surface area (TPSA) is 72.8 Å². The first-order chi connectivity index (χ1) is 23.5. The molecule has 0 radical (unpaired) electrons. The maximum Gasteiger partial charge on any atom is 0.305 e. The second-order valence-electron chi connectivity index (χ2n) is 15.0. The predicted molar refractivity (Wildman–Crippen MR) is 204 cm³/mol. The third kappa shape index (κ3) is 34.7. The molecule has 0 atom stereocenters. The molecule has 0 aromatic heterocycles. The Morgan fingerprint density at radius 2 is 0.646 bits per heavy atom. The van der Waals surface area contributed by atoms with E-state index in [1.807, 2.05) is 7.05 Å². The smallest absolute Gasteiger partial charge is 0.305 e. The molecule has 0 heterocycles. The van der Waals surface area contributed by atoms with Crippen molar-refractivity contribution in [1.29, 1.82) is 0 Å². The molecule has 0 aliphatic rings. The normalized spacial score (nSPS) is 11.7. The van der Waals surface area contributed by atoms with E-state index in [9.17, 15) is 14.7 Å². The van der Waals surface area contributed by atoms with Crippen molar-refractivity contribution in [3.63, 3.8) is 0 Å².